The van der Waals surface area contributed by atoms with E-state index in [0.29, 0.717) is 18.2 Å². The Morgan fingerprint density at radius 3 is 3.04 bits per heavy atom. The number of benzene rings is 1. The van der Waals surface area contributed by atoms with Crippen molar-refractivity contribution in [3.8, 4) is 5.75 Å². The number of hydrogen-bond donors (Lipinski definition) is 1. The predicted octanol–water partition coefficient (Wildman–Crippen LogP) is 3.71. The van der Waals surface area contributed by atoms with Crippen LogP contribution < -0.4 is 0 Å². The van der Waals surface area contributed by atoms with Crippen LogP contribution in [0.25, 0.3) is 0 Å². The molecule has 0 aliphatic carbocycles. The van der Waals surface area contributed by atoms with Crippen molar-refractivity contribution >= 4 is 17.2 Å². The van der Waals surface area contributed by atoms with Gasteiger partial charge in [-0.25, -0.2) is 4.98 Å². The van der Waals surface area contributed by atoms with Crippen LogP contribution in [0, 0.1) is 6.92 Å². The molecule has 1 unspecified atom stereocenters. The Bertz CT molecular complexity index is 698. The Labute approximate surface area is 147 Å². The van der Waals surface area contributed by atoms with E-state index in [1.54, 1.807) is 17.4 Å². The van der Waals surface area contributed by atoms with Crippen molar-refractivity contribution in [2.24, 2.45) is 0 Å². The third kappa shape index (κ3) is 4.35. The lowest BCUT2D eigenvalue weighted by Gasteiger charge is -2.36. The maximum Gasteiger partial charge on any atom is 0.228 e. The van der Waals surface area contributed by atoms with E-state index in [1.165, 1.54) is 6.42 Å². The molecular weight excluding hydrogens is 320 g/mol. The minimum atomic E-state index is 0.195. The Morgan fingerprint density at radius 2 is 2.29 bits per heavy atom. The number of aryl methyl sites for hydroxylation is 2. The van der Waals surface area contributed by atoms with Crippen molar-refractivity contribution < 1.29 is 9.90 Å². The summed E-state index contributed by atoms with van der Waals surface area (Å²) in [4.78, 5) is 19.2. The number of likely N-dealkylation sites (tertiary alicyclic amines) is 1. The molecule has 0 bridgehead atoms. The lowest BCUT2D eigenvalue weighted by molar-refractivity contribution is -0.134. The minimum absolute atomic E-state index is 0.195. The van der Waals surface area contributed by atoms with Crippen LogP contribution >= 0.6 is 11.3 Å². The molecule has 128 valence electrons. The average Bonchev–Trinajstić information content (AvgIpc) is 2.98. The highest BCUT2D eigenvalue weighted by Crippen LogP contribution is 2.23. The first-order valence-electron chi connectivity index (χ1n) is 8.60. The summed E-state index contributed by atoms with van der Waals surface area (Å²) in [6.45, 7) is 2.82. The van der Waals surface area contributed by atoms with E-state index in [1.807, 2.05) is 30.5 Å². The van der Waals surface area contributed by atoms with Gasteiger partial charge in [0.1, 0.15) is 5.75 Å². The molecule has 2 heterocycles. The van der Waals surface area contributed by atoms with Gasteiger partial charge in [0.05, 0.1) is 17.1 Å². The molecule has 1 aromatic carbocycles. The molecule has 0 spiro atoms. The molecule has 3 rings (SSSR count). The Balaban J connectivity index is 1.61. The molecule has 1 amide bonds. The van der Waals surface area contributed by atoms with Crippen molar-refractivity contribution in [1.29, 1.82) is 0 Å². The second kappa shape index (κ2) is 7.79. The topological polar surface area (TPSA) is 53.4 Å². The molecule has 5 heteroatoms. The number of carbonyl (C=O) groups is 1. The predicted molar refractivity (Wildman–Crippen MR) is 96.3 cm³/mol. The van der Waals surface area contributed by atoms with Gasteiger partial charge in [-0.1, -0.05) is 12.1 Å². The average molecular weight is 344 g/mol. The molecule has 1 saturated heterocycles. The molecule has 0 radical (unpaired) electrons. The van der Waals surface area contributed by atoms with Crippen LogP contribution in [0.3, 0.4) is 0 Å². The Morgan fingerprint density at radius 1 is 1.42 bits per heavy atom. The first-order chi connectivity index (χ1) is 11.6. The maximum absolute atomic E-state index is 12.7. The number of carbonyl (C=O) groups excluding carboxylic acids is 1. The van der Waals surface area contributed by atoms with Crippen LogP contribution in [0.15, 0.2) is 29.6 Å². The zero-order valence-corrected chi connectivity index (χ0v) is 14.9. The number of aromatic nitrogens is 1. The van der Waals surface area contributed by atoms with Gasteiger partial charge >= 0.3 is 0 Å². The van der Waals surface area contributed by atoms with Crippen LogP contribution in [0.1, 0.15) is 41.9 Å². The smallest absolute Gasteiger partial charge is 0.228 e. The largest absolute Gasteiger partial charge is 0.508 e. The summed E-state index contributed by atoms with van der Waals surface area (Å²) in [6, 6.07) is 7.71. The lowest BCUT2D eigenvalue weighted by Crippen LogP contribution is -2.44. The number of thiazole rings is 1. The molecule has 2 aromatic rings. The minimum Gasteiger partial charge on any atom is -0.508 e. The number of aromatic hydroxyl groups is 1. The lowest BCUT2D eigenvalue weighted by atomic mass is 9.95. The number of amides is 1. The van der Waals surface area contributed by atoms with E-state index in [0.717, 1.165) is 48.5 Å². The summed E-state index contributed by atoms with van der Waals surface area (Å²) in [6.07, 6.45) is 5.59. The van der Waals surface area contributed by atoms with E-state index in [9.17, 15) is 9.90 Å². The number of piperidine rings is 1. The fraction of sp³-hybridized carbons (Fsp3) is 0.474. The molecule has 4 nitrogen and oxygen atoms in total. The van der Waals surface area contributed by atoms with Crippen molar-refractivity contribution in [2.75, 3.05) is 6.54 Å². The van der Waals surface area contributed by atoms with Crippen LogP contribution in [0.4, 0.5) is 0 Å². The third-order valence-electron chi connectivity index (χ3n) is 4.62. The highest BCUT2D eigenvalue weighted by atomic mass is 32.1. The van der Waals surface area contributed by atoms with E-state index in [-0.39, 0.29) is 5.91 Å². The molecule has 24 heavy (non-hydrogen) atoms. The second-order valence-electron chi connectivity index (χ2n) is 6.48. The number of nitrogens with zero attached hydrogens (tertiary/aromatic N) is 2. The van der Waals surface area contributed by atoms with E-state index in [4.69, 9.17) is 0 Å². The van der Waals surface area contributed by atoms with Gasteiger partial charge in [-0.05, 0) is 56.7 Å². The van der Waals surface area contributed by atoms with Crippen molar-refractivity contribution in [1.82, 2.24) is 9.88 Å². The number of rotatable bonds is 5. The molecule has 1 atom stereocenters. The summed E-state index contributed by atoms with van der Waals surface area (Å²) in [5.74, 6) is 0.504. The molecule has 0 saturated carbocycles. The normalized spacial score (nSPS) is 17.9. The molecule has 1 aliphatic heterocycles. The van der Waals surface area contributed by atoms with Gasteiger partial charge in [-0.15, -0.1) is 11.3 Å². The third-order valence-corrected chi connectivity index (χ3v) is 5.45. The monoisotopic (exact) mass is 344 g/mol. The summed E-state index contributed by atoms with van der Waals surface area (Å²) in [5.41, 5.74) is 2.02. The highest BCUT2D eigenvalue weighted by Gasteiger charge is 2.26. The zero-order chi connectivity index (χ0) is 16.9. The van der Waals surface area contributed by atoms with E-state index >= 15 is 0 Å². The van der Waals surface area contributed by atoms with Gasteiger partial charge in [-0.3, -0.25) is 4.79 Å². The summed E-state index contributed by atoms with van der Waals surface area (Å²) in [7, 11) is 0. The van der Waals surface area contributed by atoms with E-state index in [2.05, 4.69) is 9.88 Å². The summed E-state index contributed by atoms with van der Waals surface area (Å²) in [5, 5.41) is 12.6. The zero-order valence-electron chi connectivity index (χ0n) is 14.1. The van der Waals surface area contributed by atoms with Crippen molar-refractivity contribution in [3.05, 3.63) is 45.9 Å². The molecular formula is C19H24N2O2S. The van der Waals surface area contributed by atoms with Crippen LogP contribution in [0.2, 0.25) is 0 Å². The number of hydrogen-bond acceptors (Lipinski definition) is 4. The maximum atomic E-state index is 12.7. The Kier molecular flexibility index (Phi) is 5.51. The molecule has 1 aliphatic rings. The number of phenols is 1. The van der Waals surface area contributed by atoms with Crippen LogP contribution in [-0.4, -0.2) is 33.5 Å². The molecule has 1 aromatic heterocycles. The SMILES string of the molecule is Cc1nc(CC(=O)N2CCCCC2CCc2cccc(O)c2)cs1. The summed E-state index contributed by atoms with van der Waals surface area (Å²) < 4.78 is 0. The first kappa shape index (κ1) is 17.0. The summed E-state index contributed by atoms with van der Waals surface area (Å²) >= 11 is 1.60. The van der Waals surface area contributed by atoms with Crippen LogP contribution in [0.5, 0.6) is 5.75 Å². The van der Waals surface area contributed by atoms with Gasteiger partial charge in [-0.2, -0.15) is 0 Å². The standard InChI is InChI=1S/C19H24N2O2S/c1-14-20-16(13-24-14)12-19(23)21-10-3-2-6-17(21)9-8-15-5-4-7-18(22)11-15/h4-5,7,11,13,17,22H,2-3,6,8-10,12H2,1H3. The van der Waals surface area contributed by atoms with Gasteiger partial charge < -0.3 is 10.0 Å². The van der Waals surface area contributed by atoms with Crippen molar-refractivity contribution in [3.63, 3.8) is 0 Å². The number of phenolic OH excluding ortho intramolecular Hbond substituents is 1. The fourth-order valence-electron chi connectivity index (χ4n) is 3.42. The quantitative estimate of drug-likeness (QED) is 0.899. The molecule has 1 N–H and O–H groups in total. The van der Waals surface area contributed by atoms with Gasteiger partial charge in [0, 0.05) is 18.0 Å². The van der Waals surface area contributed by atoms with Crippen molar-refractivity contribution in [2.45, 2.75) is 51.5 Å². The Hall–Kier alpha value is -1.88. The van der Waals surface area contributed by atoms with E-state index < -0.39 is 0 Å². The second-order valence-corrected chi connectivity index (χ2v) is 7.54. The first-order valence-corrected chi connectivity index (χ1v) is 9.48. The fourth-order valence-corrected chi connectivity index (χ4v) is 4.03. The van der Waals surface area contributed by atoms with Gasteiger partial charge in [0.15, 0.2) is 0 Å². The van der Waals surface area contributed by atoms with Gasteiger partial charge in [0.2, 0.25) is 5.91 Å². The highest BCUT2D eigenvalue weighted by molar-refractivity contribution is 7.09. The van der Waals surface area contributed by atoms with Gasteiger partial charge in [0.25, 0.3) is 0 Å². The van der Waals surface area contributed by atoms with Crippen LogP contribution in [-0.2, 0) is 17.6 Å². The molecule has 1 fully saturated rings.